The molecular weight excluding hydrogens is 252 g/mol. The Balaban J connectivity index is 2.03. The molecule has 2 aliphatic rings. The fourth-order valence-corrected chi connectivity index (χ4v) is 2.91. The lowest BCUT2D eigenvalue weighted by molar-refractivity contribution is -0.141. The molecule has 4 nitrogen and oxygen atoms in total. The Labute approximate surface area is 119 Å². The number of carbonyl (C=O) groups excluding carboxylic acids is 2. The third-order valence-electron chi connectivity index (χ3n) is 4.60. The van der Waals surface area contributed by atoms with Crippen molar-refractivity contribution in [2.75, 3.05) is 6.54 Å². The van der Waals surface area contributed by atoms with E-state index in [2.05, 4.69) is 12.2 Å². The van der Waals surface area contributed by atoms with E-state index >= 15 is 0 Å². The van der Waals surface area contributed by atoms with Crippen molar-refractivity contribution < 1.29 is 9.59 Å². The highest BCUT2D eigenvalue weighted by Crippen LogP contribution is 2.43. The van der Waals surface area contributed by atoms with E-state index in [0.29, 0.717) is 13.0 Å². The monoisotopic (exact) mass is 272 g/mol. The van der Waals surface area contributed by atoms with Gasteiger partial charge in [0.25, 0.3) is 5.91 Å². The zero-order valence-corrected chi connectivity index (χ0v) is 12.0. The number of carbonyl (C=O) groups is 2. The minimum absolute atomic E-state index is 0.00884. The van der Waals surface area contributed by atoms with E-state index in [4.69, 9.17) is 0 Å². The SMILES string of the molecule is CC1(c2ccccc2)NC(=O)CCN(C2(C)CC2)C1=O. The maximum atomic E-state index is 13.0. The normalized spacial score (nSPS) is 28.8. The van der Waals surface area contributed by atoms with Crippen molar-refractivity contribution in [2.45, 2.75) is 44.2 Å². The molecular formula is C16H20N2O2. The molecule has 1 heterocycles. The standard InChI is InChI=1S/C16H20N2O2/c1-15(9-10-15)18-11-8-13(19)17-16(2,14(18)20)12-6-4-3-5-7-12/h3-7H,8-11H2,1-2H3,(H,17,19). The quantitative estimate of drug-likeness (QED) is 0.892. The molecule has 3 rings (SSSR count). The highest BCUT2D eigenvalue weighted by atomic mass is 16.2. The summed E-state index contributed by atoms with van der Waals surface area (Å²) in [4.78, 5) is 26.9. The lowest BCUT2D eigenvalue weighted by atomic mass is 9.90. The van der Waals surface area contributed by atoms with Gasteiger partial charge in [-0.25, -0.2) is 0 Å². The van der Waals surface area contributed by atoms with Crippen molar-refractivity contribution in [1.82, 2.24) is 10.2 Å². The largest absolute Gasteiger partial charge is 0.338 e. The van der Waals surface area contributed by atoms with Crippen LogP contribution < -0.4 is 5.32 Å². The molecule has 1 atom stereocenters. The van der Waals surface area contributed by atoms with Gasteiger partial charge in [-0.2, -0.15) is 0 Å². The first-order chi connectivity index (χ1) is 9.46. The fourth-order valence-electron chi connectivity index (χ4n) is 2.91. The van der Waals surface area contributed by atoms with Crippen molar-refractivity contribution in [3.05, 3.63) is 35.9 Å². The molecule has 2 fully saturated rings. The molecule has 1 aromatic rings. The van der Waals surface area contributed by atoms with Crippen LogP contribution in [0, 0.1) is 0 Å². The number of hydrogen-bond acceptors (Lipinski definition) is 2. The first-order valence-corrected chi connectivity index (χ1v) is 7.14. The van der Waals surface area contributed by atoms with Crippen LogP contribution in [0.25, 0.3) is 0 Å². The Morgan fingerprint density at radius 3 is 2.35 bits per heavy atom. The average Bonchev–Trinajstić information content (AvgIpc) is 3.18. The first-order valence-electron chi connectivity index (χ1n) is 7.14. The Morgan fingerprint density at radius 1 is 1.10 bits per heavy atom. The first kappa shape index (κ1) is 13.2. The van der Waals surface area contributed by atoms with Crippen LogP contribution in [0.15, 0.2) is 30.3 Å². The van der Waals surface area contributed by atoms with Crippen molar-refractivity contribution in [3.63, 3.8) is 0 Å². The third-order valence-corrected chi connectivity index (χ3v) is 4.60. The highest BCUT2D eigenvalue weighted by molar-refractivity contribution is 5.94. The van der Waals surface area contributed by atoms with E-state index in [1.807, 2.05) is 42.2 Å². The van der Waals surface area contributed by atoms with E-state index in [-0.39, 0.29) is 17.4 Å². The van der Waals surface area contributed by atoms with E-state index in [1.165, 1.54) is 0 Å². The van der Waals surface area contributed by atoms with Gasteiger partial charge in [0.15, 0.2) is 0 Å². The summed E-state index contributed by atoms with van der Waals surface area (Å²) in [5.41, 5.74) is -0.172. The summed E-state index contributed by atoms with van der Waals surface area (Å²) in [6.45, 7) is 4.43. The van der Waals surface area contributed by atoms with Crippen LogP contribution in [0.2, 0.25) is 0 Å². The molecule has 1 N–H and O–H groups in total. The van der Waals surface area contributed by atoms with Crippen LogP contribution in [0.3, 0.4) is 0 Å². The number of benzene rings is 1. The Kier molecular flexibility index (Phi) is 2.85. The predicted octanol–water partition coefficient (Wildman–Crippen LogP) is 1.80. The van der Waals surface area contributed by atoms with Crippen LogP contribution in [0.1, 0.15) is 38.7 Å². The predicted molar refractivity (Wildman–Crippen MR) is 75.9 cm³/mol. The molecule has 1 aromatic carbocycles. The Morgan fingerprint density at radius 2 is 1.75 bits per heavy atom. The van der Waals surface area contributed by atoms with Gasteiger partial charge in [-0.15, -0.1) is 0 Å². The molecule has 1 saturated carbocycles. The van der Waals surface area contributed by atoms with Gasteiger partial charge in [0, 0.05) is 18.5 Å². The van der Waals surface area contributed by atoms with E-state index in [9.17, 15) is 9.59 Å². The van der Waals surface area contributed by atoms with Crippen LogP contribution in [0.5, 0.6) is 0 Å². The van der Waals surface area contributed by atoms with E-state index < -0.39 is 5.54 Å². The van der Waals surface area contributed by atoms with Crippen LogP contribution in [-0.2, 0) is 15.1 Å². The molecule has 0 aromatic heterocycles. The summed E-state index contributed by atoms with van der Waals surface area (Å²) in [5, 5.41) is 2.92. The molecule has 0 radical (unpaired) electrons. The van der Waals surface area contributed by atoms with Gasteiger partial charge in [-0.05, 0) is 32.3 Å². The number of nitrogens with one attached hydrogen (secondary N) is 1. The van der Waals surface area contributed by atoms with Crippen LogP contribution in [-0.4, -0.2) is 28.8 Å². The number of rotatable bonds is 2. The van der Waals surface area contributed by atoms with Gasteiger partial charge >= 0.3 is 0 Å². The van der Waals surface area contributed by atoms with Gasteiger partial charge in [-0.3, -0.25) is 9.59 Å². The average molecular weight is 272 g/mol. The molecule has 1 saturated heterocycles. The second-order valence-electron chi connectivity index (χ2n) is 6.24. The van der Waals surface area contributed by atoms with Crippen molar-refractivity contribution >= 4 is 11.8 Å². The van der Waals surface area contributed by atoms with Crippen molar-refractivity contribution in [2.24, 2.45) is 0 Å². The number of amides is 2. The zero-order valence-electron chi connectivity index (χ0n) is 12.0. The molecule has 2 amide bonds. The summed E-state index contributed by atoms with van der Waals surface area (Å²) in [7, 11) is 0. The smallest absolute Gasteiger partial charge is 0.253 e. The summed E-state index contributed by atoms with van der Waals surface area (Å²) >= 11 is 0. The topological polar surface area (TPSA) is 49.4 Å². The van der Waals surface area contributed by atoms with E-state index in [1.54, 1.807) is 0 Å². The Bertz CT molecular complexity index is 551. The second-order valence-corrected chi connectivity index (χ2v) is 6.24. The van der Waals surface area contributed by atoms with Crippen LogP contribution in [0.4, 0.5) is 0 Å². The van der Waals surface area contributed by atoms with Gasteiger partial charge in [0.2, 0.25) is 5.91 Å². The van der Waals surface area contributed by atoms with Gasteiger partial charge in [0.05, 0.1) is 0 Å². The summed E-state index contributed by atoms with van der Waals surface area (Å²) < 4.78 is 0. The maximum absolute atomic E-state index is 13.0. The van der Waals surface area contributed by atoms with Gasteiger partial charge in [-0.1, -0.05) is 30.3 Å². The highest BCUT2D eigenvalue weighted by Gasteiger charge is 2.52. The molecule has 20 heavy (non-hydrogen) atoms. The van der Waals surface area contributed by atoms with Gasteiger partial charge < -0.3 is 10.2 Å². The van der Waals surface area contributed by atoms with Gasteiger partial charge in [0.1, 0.15) is 5.54 Å². The fraction of sp³-hybridized carbons (Fsp3) is 0.500. The zero-order chi connectivity index (χ0) is 14.4. The summed E-state index contributed by atoms with van der Waals surface area (Å²) in [6.07, 6.45) is 2.43. The molecule has 106 valence electrons. The molecule has 0 spiro atoms. The molecule has 0 bridgehead atoms. The maximum Gasteiger partial charge on any atom is 0.253 e. The second kappa shape index (κ2) is 4.33. The number of hydrogen-bond donors (Lipinski definition) is 1. The minimum Gasteiger partial charge on any atom is -0.338 e. The lowest BCUT2D eigenvalue weighted by Gasteiger charge is -2.36. The van der Waals surface area contributed by atoms with Crippen LogP contribution >= 0.6 is 0 Å². The minimum atomic E-state index is -0.958. The molecule has 4 heteroatoms. The molecule has 1 unspecified atom stereocenters. The Hall–Kier alpha value is -1.84. The van der Waals surface area contributed by atoms with Crippen molar-refractivity contribution in [1.29, 1.82) is 0 Å². The summed E-state index contributed by atoms with van der Waals surface area (Å²) in [6, 6.07) is 9.51. The number of nitrogens with zero attached hydrogens (tertiary/aromatic N) is 1. The third kappa shape index (κ3) is 1.99. The van der Waals surface area contributed by atoms with Crippen molar-refractivity contribution in [3.8, 4) is 0 Å². The summed E-state index contributed by atoms with van der Waals surface area (Å²) in [5.74, 6) is -0.0500. The lowest BCUT2D eigenvalue weighted by Crippen LogP contribution is -2.55. The van der Waals surface area contributed by atoms with E-state index in [0.717, 1.165) is 18.4 Å². The molecule has 1 aliphatic heterocycles. The molecule has 1 aliphatic carbocycles.